The number of aryl methyl sites for hydroxylation is 2. The molecule has 0 aliphatic rings. The number of halogens is 2. The van der Waals surface area contributed by atoms with Crippen molar-refractivity contribution in [3.8, 4) is 23.0 Å². The molecular formula is C52H42CaCl2N6O12S2. The molecule has 0 bridgehead atoms. The van der Waals surface area contributed by atoms with Crippen LogP contribution in [0.3, 0.4) is 0 Å². The molecule has 0 saturated carbocycles. The van der Waals surface area contributed by atoms with E-state index in [4.69, 9.17) is 32.7 Å². The van der Waals surface area contributed by atoms with E-state index in [-0.39, 0.29) is 81.7 Å². The van der Waals surface area contributed by atoms with E-state index in [1.54, 1.807) is 104 Å². The van der Waals surface area contributed by atoms with E-state index in [2.05, 4.69) is 31.1 Å². The zero-order chi connectivity index (χ0) is 53.5. The van der Waals surface area contributed by atoms with Gasteiger partial charge in [0.25, 0.3) is 21.9 Å². The first-order chi connectivity index (χ1) is 35.2. The van der Waals surface area contributed by atoms with Gasteiger partial charge in [-0.15, -0.1) is 15.3 Å². The largest absolute Gasteiger partial charge is 2.00 e. The predicted octanol–water partition coefficient (Wildman–Crippen LogP) is 12.3. The fraction of sp³-hybridized carbons (Fsp3) is 0.115. The van der Waals surface area contributed by atoms with Crippen LogP contribution in [0, 0.1) is 13.8 Å². The number of fused-ring (bicyclic) bond motifs is 2. The van der Waals surface area contributed by atoms with Gasteiger partial charge in [-0.05, 0) is 122 Å². The van der Waals surface area contributed by atoms with Crippen molar-refractivity contribution in [2.24, 2.45) is 20.5 Å². The Kier molecular flexibility index (Phi) is 19.0. The zero-order valence-corrected chi connectivity index (χ0v) is 45.5. The Labute approximate surface area is 470 Å². The molecule has 18 nitrogen and oxygen atoms in total. The molecule has 8 aromatic rings. The van der Waals surface area contributed by atoms with Gasteiger partial charge in [-0.25, -0.2) is 8.42 Å². The van der Waals surface area contributed by atoms with Crippen LogP contribution < -0.4 is 25.2 Å². The number of phenolic OH excluding ortho intramolecular Hbond substituents is 1. The number of aromatic hydroxyl groups is 1. The Hall–Kier alpha value is -6.72. The van der Waals surface area contributed by atoms with Gasteiger partial charge in [-0.1, -0.05) is 89.6 Å². The topological polar surface area (TPSA) is 281 Å². The summed E-state index contributed by atoms with van der Waals surface area (Å²) in [6.07, 6.45) is 0. The molecule has 0 heterocycles. The number of rotatable bonds is 14. The molecular weight excluding hydrogens is 1080 g/mol. The van der Waals surface area contributed by atoms with Gasteiger partial charge in [0, 0.05) is 27.7 Å². The Bertz CT molecular complexity index is 3530. The van der Waals surface area contributed by atoms with Crippen molar-refractivity contribution >= 4 is 149 Å². The molecule has 0 aliphatic carbocycles. The van der Waals surface area contributed by atoms with Gasteiger partial charge >= 0.3 is 37.7 Å². The molecule has 0 saturated heterocycles. The van der Waals surface area contributed by atoms with Crippen molar-refractivity contribution < 1.29 is 55.2 Å². The number of benzene rings is 8. The van der Waals surface area contributed by atoms with Crippen LogP contribution in [0.25, 0.3) is 21.5 Å². The van der Waals surface area contributed by atoms with Gasteiger partial charge in [0.05, 0.1) is 34.5 Å². The number of hydrogen-bond acceptors (Lipinski definition) is 15. The van der Waals surface area contributed by atoms with E-state index in [0.717, 1.165) is 0 Å². The van der Waals surface area contributed by atoms with Gasteiger partial charge in [0.1, 0.15) is 48.5 Å². The number of phenols is 1. The van der Waals surface area contributed by atoms with Crippen LogP contribution in [-0.4, -0.2) is 93.8 Å². The normalized spacial score (nSPS) is 11.5. The van der Waals surface area contributed by atoms with E-state index in [9.17, 15) is 45.7 Å². The third-order valence-corrected chi connectivity index (χ3v) is 13.6. The molecule has 0 spiro atoms. The average molecular weight is 1120 g/mol. The van der Waals surface area contributed by atoms with Crippen LogP contribution in [-0.2, 0) is 20.2 Å². The Morgan fingerprint density at radius 3 is 1.45 bits per heavy atom. The number of carbonyl (C=O) groups is 2. The molecule has 0 unspecified atom stereocenters. The molecule has 23 heteroatoms. The van der Waals surface area contributed by atoms with Crippen LogP contribution in [0.15, 0.2) is 164 Å². The maximum Gasteiger partial charge on any atom is 2.00 e. The van der Waals surface area contributed by atoms with Gasteiger partial charge in [0.15, 0.2) is 5.75 Å². The number of ether oxygens (including phenoxy) is 2. The van der Waals surface area contributed by atoms with Crippen molar-refractivity contribution in [2.75, 3.05) is 23.8 Å². The SMILES string of the molecule is CCOc1ccc(NC(=O)c2cc3ccccc3c(N=Nc3c(C)ccc(Cl)c3S(=O)(=O)O)c2O)cc1.CCOc1ccc(NC(=O)c2cc3ccccc3c(N=Nc3c(C)ccc(Cl)c3S(=O)(=O)[O-])c2[O-])cc1.[Ca+2]. The maximum absolute atomic E-state index is 13.4. The van der Waals surface area contributed by atoms with E-state index in [1.807, 2.05) is 13.8 Å². The predicted molar refractivity (Wildman–Crippen MR) is 284 cm³/mol. The Morgan fingerprint density at radius 2 is 0.987 bits per heavy atom. The summed E-state index contributed by atoms with van der Waals surface area (Å²) in [6.45, 7) is 7.82. The second kappa shape index (κ2) is 24.7. The summed E-state index contributed by atoms with van der Waals surface area (Å²) in [6, 6.07) is 35.5. The molecule has 8 aromatic carbocycles. The molecule has 380 valence electrons. The first kappa shape index (κ1) is 57.6. The Morgan fingerprint density at radius 1 is 0.587 bits per heavy atom. The van der Waals surface area contributed by atoms with Crippen LogP contribution in [0.2, 0.25) is 10.0 Å². The van der Waals surface area contributed by atoms with Gasteiger partial charge in [-0.3, -0.25) is 14.1 Å². The summed E-state index contributed by atoms with van der Waals surface area (Å²) in [4.78, 5) is 24.8. The van der Waals surface area contributed by atoms with Crippen LogP contribution in [0.4, 0.5) is 34.1 Å². The minimum atomic E-state index is -4.99. The fourth-order valence-electron chi connectivity index (χ4n) is 7.39. The molecule has 0 fully saturated rings. The molecule has 0 atom stereocenters. The molecule has 75 heavy (non-hydrogen) atoms. The van der Waals surface area contributed by atoms with E-state index in [0.29, 0.717) is 68.8 Å². The van der Waals surface area contributed by atoms with Crippen LogP contribution >= 0.6 is 23.2 Å². The summed E-state index contributed by atoms with van der Waals surface area (Å²) >= 11 is 12.0. The van der Waals surface area contributed by atoms with Crippen LogP contribution in [0.5, 0.6) is 23.0 Å². The van der Waals surface area contributed by atoms with Crippen molar-refractivity contribution in [1.29, 1.82) is 0 Å². The number of amides is 2. The Balaban J connectivity index is 0.000000241. The van der Waals surface area contributed by atoms with Crippen molar-refractivity contribution in [3.63, 3.8) is 0 Å². The molecule has 0 aromatic heterocycles. The third-order valence-electron chi connectivity index (χ3n) is 10.9. The molecule has 2 amide bonds. The van der Waals surface area contributed by atoms with E-state index in [1.165, 1.54) is 43.3 Å². The second-order valence-electron chi connectivity index (χ2n) is 15.9. The first-order valence-electron chi connectivity index (χ1n) is 22.1. The van der Waals surface area contributed by atoms with E-state index < -0.39 is 53.3 Å². The number of hydrogen-bond donors (Lipinski definition) is 4. The maximum atomic E-state index is 13.4. The molecule has 0 aliphatic heterocycles. The molecule has 4 N–H and O–H groups in total. The first-order valence-corrected chi connectivity index (χ1v) is 25.7. The molecule has 8 rings (SSSR count). The van der Waals surface area contributed by atoms with Crippen LogP contribution in [0.1, 0.15) is 45.7 Å². The van der Waals surface area contributed by atoms with Crippen molar-refractivity contribution in [2.45, 2.75) is 37.5 Å². The number of nitrogens with zero attached hydrogens (tertiary/aromatic N) is 4. The monoisotopic (exact) mass is 1120 g/mol. The summed E-state index contributed by atoms with van der Waals surface area (Å²) in [5.74, 6) is -1.16. The summed E-state index contributed by atoms with van der Waals surface area (Å²) in [5, 5.41) is 47.3. The summed E-state index contributed by atoms with van der Waals surface area (Å²) < 4.78 is 79.9. The van der Waals surface area contributed by atoms with E-state index >= 15 is 0 Å². The fourth-order valence-corrected chi connectivity index (χ4v) is 9.78. The second-order valence-corrected chi connectivity index (χ2v) is 19.4. The van der Waals surface area contributed by atoms with Gasteiger partial charge in [-0.2, -0.15) is 13.5 Å². The quantitative estimate of drug-likeness (QED) is 0.0449. The van der Waals surface area contributed by atoms with Crippen molar-refractivity contribution in [1.82, 2.24) is 0 Å². The average Bonchev–Trinajstić information content (AvgIpc) is 3.35. The zero-order valence-electron chi connectivity index (χ0n) is 40.2. The number of nitrogens with one attached hydrogen (secondary N) is 2. The molecule has 0 radical (unpaired) electrons. The van der Waals surface area contributed by atoms with Crippen molar-refractivity contribution in [3.05, 3.63) is 166 Å². The van der Waals surface area contributed by atoms with Gasteiger partial charge in [0.2, 0.25) is 0 Å². The number of azo groups is 2. The minimum Gasteiger partial charge on any atom is -0.870 e. The van der Waals surface area contributed by atoms with Gasteiger partial charge < -0.3 is 34.9 Å². The summed E-state index contributed by atoms with van der Waals surface area (Å²) in [5.41, 5.74) is 0.621. The smallest absolute Gasteiger partial charge is 0.870 e. The number of carbonyl (C=O) groups excluding carboxylic acids is 2. The standard InChI is InChI=1S/2C26H22ClN3O6S.Ca/c2*1-3-36-18-11-9-17(10-12-18)28-26(32)20-14-16-6-4-5-7-19(16)23(24(20)31)30-29-22-15(2)8-13-21(27)25(22)37(33,34)35;/h2*4-14,31H,3H2,1-2H3,(H,28,32)(H,33,34,35);/q;;+2/p-2. The third kappa shape index (κ3) is 13.6. The number of anilines is 2. The summed E-state index contributed by atoms with van der Waals surface area (Å²) in [7, 11) is -9.72. The minimum absolute atomic E-state index is 0.